The minimum atomic E-state index is -0.115. The Morgan fingerprint density at radius 3 is 2.88 bits per heavy atom. The van der Waals surface area contributed by atoms with Gasteiger partial charge in [0.05, 0.1) is 0 Å². The van der Waals surface area contributed by atoms with Gasteiger partial charge in [-0.15, -0.1) is 0 Å². The third-order valence-electron chi connectivity index (χ3n) is 3.85. The molecule has 2 aromatic rings. The third-order valence-corrected chi connectivity index (χ3v) is 4.98. The second-order valence-corrected chi connectivity index (χ2v) is 7.57. The molecule has 0 fully saturated rings. The van der Waals surface area contributed by atoms with E-state index in [1.807, 2.05) is 55.9 Å². The largest absolute Gasteiger partial charge is 0.396 e. The van der Waals surface area contributed by atoms with Crippen LogP contribution in [0, 0.1) is 5.41 Å². The molecule has 5 nitrogen and oxygen atoms in total. The molecule has 0 saturated carbocycles. The Morgan fingerprint density at radius 1 is 1.42 bits per heavy atom. The van der Waals surface area contributed by atoms with Crippen LogP contribution in [0.15, 0.2) is 41.8 Å². The van der Waals surface area contributed by atoms with Crippen LogP contribution < -0.4 is 5.32 Å². The maximum Gasteiger partial charge on any atom is 0.251 e. The van der Waals surface area contributed by atoms with Gasteiger partial charge in [-0.25, -0.2) is 4.98 Å². The van der Waals surface area contributed by atoms with Crippen molar-refractivity contribution >= 4 is 17.7 Å². The van der Waals surface area contributed by atoms with Crippen LogP contribution in [0.25, 0.3) is 0 Å². The zero-order chi connectivity index (χ0) is 17.6. The van der Waals surface area contributed by atoms with Crippen LogP contribution in [0.4, 0.5) is 0 Å². The second kappa shape index (κ2) is 8.35. The van der Waals surface area contributed by atoms with Gasteiger partial charge in [-0.2, -0.15) is 0 Å². The number of nitrogens with zero attached hydrogens (tertiary/aromatic N) is 2. The summed E-state index contributed by atoms with van der Waals surface area (Å²) in [4.78, 5) is 16.6. The number of aliphatic hydroxyl groups excluding tert-OH is 1. The fourth-order valence-electron chi connectivity index (χ4n) is 2.25. The highest BCUT2D eigenvalue weighted by Crippen LogP contribution is 2.21. The number of hydrogen-bond acceptors (Lipinski definition) is 4. The summed E-state index contributed by atoms with van der Waals surface area (Å²) in [6, 6.07) is 7.66. The van der Waals surface area contributed by atoms with E-state index in [-0.39, 0.29) is 17.9 Å². The van der Waals surface area contributed by atoms with Gasteiger partial charge in [0, 0.05) is 43.9 Å². The quantitative estimate of drug-likeness (QED) is 0.721. The lowest BCUT2D eigenvalue weighted by molar-refractivity contribution is 0.0928. The molecule has 0 aliphatic carbocycles. The number of nitrogens with one attached hydrogen (secondary N) is 1. The van der Waals surface area contributed by atoms with Gasteiger partial charge in [-0.3, -0.25) is 4.79 Å². The molecule has 0 saturated heterocycles. The zero-order valence-electron chi connectivity index (χ0n) is 14.5. The summed E-state index contributed by atoms with van der Waals surface area (Å²) in [5, 5.41) is 13.0. The summed E-state index contributed by atoms with van der Waals surface area (Å²) in [7, 11) is 1.97. The summed E-state index contributed by atoms with van der Waals surface area (Å²) >= 11 is 1.64. The molecule has 0 aliphatic rings. The fraction of sp³-hybridized carbons (Fsp3) is 0.444. The minimum absolute atomic E-state index is 0.0788. The first kappa shape index (κ1) is 18.5. The normalized spacial score (nSPS) is 11.5. The fourth-order valence-corrected chi connectivity index (χ4v) is 3.13. The number of aliphatic hydroxyl groups is 1. The van der Waals surface area contributed by atoms with Crippen LogP contribution in [0.3, 0.4) is 0 Å². The Morgan fingerprint density at radius 2 is 2.21 bits per heavy atom. The van der Waals surface area contributed by atoms with Crippen molar-refractivity contribution < 1.29 is 9.90 Å². The molecule has 0 bridgehead atoms. The molecule has 0 atom stereocenters. The van der Waals surface area contributed by atoms with Crippen LogP contribution in [-0.2, 0) is 12.8 Å². The molecule has 24 heavy (non-hydrogen) atoms. The number of carbonyl (C=O) groups excluding carboxylic acids is 1. The van der Waals surface area contributed by atoms with Crippen LogP contribution in [-0.4, -0.2) is 33.7 Å². The molecular weight excluding hydrogens is 322 g/mol. The number of carbonyl (C=O) groups is 1. The summed E-state index contributed by atoms with van der Waals surface area (Å²) in [6.45, 7) is 4.73. The monoisotopic (exact) mass is 347 g/mol. The van der Waals surface area contributed by atoms with Gasteiger partial charge in [-0.05, 0) is 29.5 Å². The molecule has 1 heterocycles. The van der Waals surface area contributed by atoms with Gasteiger partial charge < -0.3 is 15.0 Å². The standard InChI is InChI=1S/C18H25N3O2S/c1-18(2,7-10-22)13-20-16(23)15-6-4-5-14(11-15)12-24-17-19-8-9-21(17)3/h4-6,8-9,11,22H,7,10,12-13H2,1-3H3,(H,20,23). The number of aromatic nitrogens is 2. The number of imidazole rings is 1. The molecule has 0 radical (unpaired) electrons. The number of rotatable bonds is 8. The Labute approximate surface area is 147 Å². The second-order valence-electron chi connectivity index (χ2n) is 6.63. The van der Waals surface area contributed by atoms with E-state index in [2.05, 4.69) is 10.3 Å². The lowest BCUT2D eigenvalue weighted by Crippen LogP contribution is -2.34. The van der Waals surface area contributed by atoms with Crippen molar-refractivity contribution in [2.24, 2.45) is 12.5 Å². The number of thioether (sulfide) groups is 1. The van der Waals surface area contributed by atoms with Gasteiger partial charge in [0.1, 0.15) is 0 Å². The van der Waals surface area contributed by atoms with Crippen molar-refractivity contribution in [1.82, 2.24) is 14.9 Å². The van der Waals surface area contributed by atoms with Gasteiger partial charge >= 0.3 is 0 Å². The number of benzene rings is 1. The molecule has 1 aromatic heterocycles. The van der Waals surface area contributed by atoms with E-state index in [4.69, 9.17) is 5.11 Å². The molecule has 130 valence electrons. The van der Waals surface area contributed by atoms with Crippen LogP contribution in [0.5, 0.6) is 0 Å². The molecule has 0 aliphatic heterocycles. The lowest BCUT2D eigenvalue weighted by atomic mass is 9.89. The highest BCUT2D eigenvalue weighted by molar-refractivity contribution is 7.98. The molecule has 6 heteroatoms. The van der Waals surface area contributed by atoms with E-state index >= 15 is 0 Å². The first-order valence-corrected chi connectivity index (χ1v) is 8.98. The molecule has 0 unspecified atom stereocenters. The third kappa shape index (κ3) is 5.39. The zero-order valence-corrected chi connectivity index (χ0v) is 15.3. The number of aryl methyl sites for hydroxylation is 1. The van der Waals surface area contributed by atoms with E-state index in [1.165, 1.54) is 0 Å². The molecule has 2 N–H and O–H groups in total. The predicted molar refractivity (Wildman–Crippen MR) is 97.0 cm³/mol. The van der Waals surface area contributed by atoms with Crippen molar-refractivity contribution in [3.05, 3.63) is 47.8 Å². The van der Waals surface area contributed by atoms with Crippen LogP contribution in [0.2, 0.25) is 0 Å². The van der Waals surface area contributed by atoms with Gasteiger partial charge in [0.15, 0.2) is 5.16 Å². The van der Waals surface area contributed by atoms with E-state index in [9.17, 15) is 4.79 Å². The maximum absolute atomic E-state index is 12.3. The van der Waals surface area contributed by atoms with E-state index < -0.39 is 0 Å². The average molecular weight is 347 g/mol. The summed E-state index contributed by atoms with van der Waals surface area (Å²) < 4.78 is 1.98. The molecule has 2 rings (SSSR count). The van der Waals surface area contributed by atoms with Crippen molar-refractivity contribution in [2.45, 2.75) is 31.2 Å². The maximum atomic E-state index is 12.3. The van der Waals surface area contributed by atoms with E-state index in [0.717, 1.165) is 16.5 Å². The Bertz CT molecular complexity index is 682. The van der Waals surface area contributed by atoms with Crippen molar-refractivity contribution in [1.29, 1.82) is 0 Å². The molecular formula is C18H25N3O2S. The lowest BCUT2D eigenvalue weighted by Gasteiger charge is -2.23. The molecule has 1 aromatic carbocycles. The Kier molecular flexibility index (Phi) is 6.45. The summed E-state index contributed by atoms with van der Waals surface area (Å²) in [5.41, 5.74) is 1.63. The van der Waals surface area contributed by atoms with Gasteiger partial charge in [0.25, 0.3) is 5.91 Å². The van der Waals surface area contributed by atoms with Gasteiger partial charge in [-0.1, -0.05) is 37.7 Å². The predicted octanol–water partition coefficient (Wildman–Crippen LogP) is 2.85. The Hall–Kier alpha value is -1.79. The van der Waals surface area contributed by atoms with Crippen LogP contribution in [0.1, 0.15) is 36.2 Å². The highest BCUT2D eigenvalue weighted by Gasteiger charge is 2.18. The Balaban J connectivity index is 1.94. The SMILES string of the molecule is Cn1ccnc1SCc1cccc(C(=O)NCC(C)(C)CCO)c1. The molecule has 0 spiro atoms. The minimum Gasteiger partial charge on any atom is -0.396 e. The average Bonchev–Trinajstić information content (AvgIpc) is 2.96. The van der Waals surface area contributed by atoms with Crippen molar-refractivity contribution in [3.63, 3.8) is 0 Å². The molecule has 1 amide bonds. The summed E-state index contributed by atoms with van der Waals surface area (Å²) in [5.74, 6) is 0.687. The smallest absolute Gasteiger partial charge is 0.251 e. The van der Waals surface area contributed by atoms with E-state index in [1.54, 1.807) is 18.0 Å². The first-order valence-electron chi connectivity index (χ1n) is 7.99. The van der Waals surface area contributed by atoms with Crippen molar-refractivity contribution in [3.8, 4) is 0 Å². The van der Waals surface area contributed by atoms with Crippen molar-refractivity contribution in [2.75, 3.05) is 13.2 Å². The van der Waals surface area contributed by atoms with E-state index in [0.29, 0.717) is 18.5 Å². The number of hydrogen-bond donors (Lipinski definition) is 2. The summed E-state index contributed by atoms with van der Waals surface area (Å²) in [6.07, 6.45) is 4.36. The first-order chi connectivity index (χ1) is 11.4. The van der Waals surface area contributed by atoms with Crippen LogP contribution >= 0.6 is 11.8 Å². The van der Waals surface area contributed by atoms with Gasteiger partial charge in [0.2, 0.25) is 0 Å². The highest BCUT2D eigenvalue weighted by atomic mass is 32.2. The topological polar surface area (TPSA) is 67.2 Å². The number of amides is 1.